The number of aldehydes is 1. The molecule has 3 atom stereocenters. The van der Waals surface area contributed by atoms with Crippen LogP contribution in [-0.2, 0) is 16.0 Å². The molecule has 0 radical (unpaired) electrons. The number of aromatic hydroxyl groups is 1. The molecule has 1 aliphatic carbocycles. The number of carboxylic acid groups (broad SMARTS) is 1. The van der Waals surface area contributed by atoms with Crippen molar-refractivity contribution in [1.82, 2.24) is 0 Å². The zero-order valence-electron chi connectivity index (χ0n) is 19.0. The lowest BCUT2D eigenvalue weighted by atomic mass is 9.72. The number of carbonyl (C=O) groups is 3. The van der Waals surface area contributed by atoms with Gasteiger partial charge in [0, 0.05) is 17.9 Å². The second-order valence-corrected chi connectivity index (χ2v) is 8.86. The molecule has 0 spiro atoms. The first-order valence-electron chi connectivity index (χ1n) is 10.8. The molecule has 32 heavy (non-hydrogen) atoms. The summed E-state index contributed by atoms with van der Waals surface area (Å²) in [6.45, 7) is 7.52. The molecule has 7 heteroatoms. The number of rotatable bonds is 9. The highest BCUT2D eigenvalue weighted by atomic mass is 35.5. The summed E-state index contributed by atoms with van der Waals surface area (Å²) in [5.74, 6) is -0.162. The lowest BCUT2D eigenvalue weighted by Crippen LogP contribution is -2.30. The molecule has 174 valence electrons. The fourth-order valence-electron chi connectivity index (χ4n) is 4.04. The molecule has 1 saturated carbocycles. The summed E-state index contributed by atoms with van der Waals surface area (Å²) in [6, 6.07) is 0. The van der Waals surface area contributed by atoms with Crippen molar-refractivity contribution in [3.63, 3.8) is 0 Å². The highest BCUT2D eigenvalue weighted by molar-refractivity contribution is 6.33. The summed E-state index contributed by atoms with van der Waals surface area (Å²) in [6.07, 6.45) is 7.99. The summed E-state index contributed by atoms with van der Waals surface area (Å²) in [7, 11) is 0. The average molecular weight is 463 g/mol. The summed E-state index contributed by atoms with van der Waals surface area (Å²) in [5, 5.41) is 19.7. The number of carboxylic acids is 1. The van der Waals surface area contributed by atoms with E-state index in [1.807, 2.05) is 26.0 Å². The van der Waals surface area contributed by atoms with Crippen LogP contribution in [0.3, 0.4) is 0 Å². The third-order valence-electron chi connectivity index (χ3n) is 6.23. The standard InChI is InChI=1S/C25H31ClO6/c1-14(5-8-18-15(2)7-10-21(28)16(18)3)6-9-19-24(31)20(13-27)17(4)23(26)25(19)32-12-11-22(29)30/h5-6,8,13,15-16,18,31H,7,9-12H2,1-4H3,(H,29,30)/b8-5+,14-6-. The van der Waals surface area contributed by atoms with Crippen molar-refractivity contribution in [2.45, 2.75) is 53.4 Å². The summed E-state index contributed by atoms with van der Waals surface area (Å²) < 4.78 is 5.59. The third-order valence-corrected chi connectivity index (χ3v) is 6.68. The first kappa shape index (κ1) is 25.7. The Kier molecular flexibility index (Phi) is 9.08. The van der Waals surface area contributed by atoms with Gasteiger partial charge in [-0.25, -0.2) is 0 Å². The van der Waals surface area contributed by atoms with Crippen LogP contribution >= 0.6 is 11.6 Å². The van der Waals surface area contributed by atoms with Gasteiger partial charge in [0.2, 0.25) is 0 Å². The van der Waals surface area contributed by atoms with Crippen LogP contribution in [0, 0.1) is 24.7 Å². The molecule has 0 aliphatic heterocycles. The number of carbonyl (C=O) groups excluding carboxylic acids is 2. The molecular formula is C25H31ClO6. The van der Waals surface area contributed by atoms with Gasteiger partial charge in [-0.3, -0.25) is 14.4 Å². The Labute approximate surface area is 193 Å². The number of hydrogen-bond acceptors (Lipinski definition) is 5. The van der Waals surface area contributed by atoms with E-state index in [1.54, 1.807) is 6.92 Å². The minimum Gasteiger partial charge on any atom is -0.507 e. The molecule has 1 aromatic carbocycles. The van der Waals surface area contributed by atoms with Crippen molar-refractivity contribution >= 4 is 29.6 Å². The number of ether oxygens (including phenoxy) is 1. The van der Waals surface area contributed by atoms with E-state index in [0.717, 1.165) is 12.0 Å². The maximum absolute atomic E-state index is 12.1. The SMILES string of the molecule is CC(=C/Cc1c(O)c(C=O)c(C)c(Cl)c1OCCC(=O)O)/C=C/C1C(C)CCC(=O)C1C. The molecule has 0 bridgehead atoms. The van der Waals surface area contributed by atoms with E-state index in [4.69, 9.17) is 21.4 Å². The Balaban J connectivity index is 2.30. The van der Waals surface area contributed by atoms with Crippen LogP contribution < -0.4 is 4.74 Å². The minimum absolute atomic E-state index is 0.00728. The van der Waals surface area contributed by atoms with Gasteiger partial charge in [-0.05, 0) is 44.1 Å². The molecule has 1 aliphatic rings. The van der Waals surface area contributed by atoms with Gasteiger partial charge in [0.25, 0.3) is 0 Å². The van der Waals surface area contributed by atoms with Gasteiger partial charge in [-0.2, -0.15) is 0 Å². The minimum atomic E-state index is -1.02. The predicted octanol–water partition coefficient (Wildman–Crippen LogP) is 5.32. The number of hydrogen-bond donors (Lipinski definition) is 2. The number of Topliss-reactive ketones (excluding diaryl/α,β-unsaturated/α-hetero) is 1. The first-order valence-corrected chi connectivity index (χ1v) is 11.2. The lowest BCUT2D eigenvalue weighted by Gasteiger charge is -2.31. The average Bonchev–Trinajstić information content (AvgIpc) is 2.74. The zero-order chi connectivity index (χ0) is 24.0. The number of allylic oxidation sites excluding steroid dienone is 4. The van der Waals surface area contributed by atoms with Gasteiger partial charge in [0.05, 0.1) is 23.6 Å². The largest absolute Gasteiger partial charge is 0.507 e. The number of benzene rings is 1. The molecular weight excluding hydrogens is 432 g/mol. The van der Waals surface area contributed by atoms with E-state index in [1.165, 1.54) is 0 Å². The van der Waals surface area contributed by atoms with Crippen molar-refractivity contribution in [2.24, 2.45) is 17.8 Å². The van der Waals surface area contributed by atoms with E-state index in [-0.39, 0.29) is 53.4 Å². The molecule has 0 heterocycles. The topological polar surface area (TPSA) is 101 Å². The van der Waals surface area contributed by atoms with Gasteiger partial charge in [-0.1, -0.05) is 49.2 Å². The van der Waals surface area contributed by atoms with E-state index < -0.39 is 5.97 Å². The number of phenolic OH excluding ortho intramolecular Hbond substituents is 1. The number of halogens is 1. The van der Waals surface area contributed by atoms with Crippen LogP contribution in [0.5, 0.6) is 11.5 Å². The first-order chi connectivity index (χ1) is 15.1. The molecule has 0 aromatic heterocycles. The zero-order valence-corrected chi connectivity index (χ0v) is 19.7. The maximum Gasteiger partial charge on any atom is 0.306 e. The van der Waals surface area contributed by atoms with E-state index in [0.29, 0.717) is 35.5 Å². The van der Waals surface area contributed by atoms with Crippen LogP contribution in [0.4, 0.5) is 0 Å². The maximum atomic E-state index is 12.1. The number of aliphatic carboxylic acids is 1. The van der Waals surface area contributed by atoms with Crippen molar-refractivity contribution in [3.8, 4) is 11.5 Å². The third kappa shape index (κ3) is 6.00. The molecule has 3 unspecified atom stereocenters. The Hall–Kier alpha value is -2.60. The van der Waals surface area contributed by atoms with Gasteiger partial charge >= 0.3 is 5.97 Å². The fraction of sp³-hybridized carbons (Fsp3) is 0.480. The van der Waals surface area contributed by atoms with E-state index >= 15 is 0 Å². The molecule has 1 fully saturated rings. The Morgan fingerprint density at radius 2 is 2.00 bits per heavy atom. The van der Waals surface area contributed by atoms with Crippen LogP contribution in [0.2, 0.25) is 5.02 Å². The highest BCUT2D eigenvalue weighted by Gasteiger charge is 2.31. The summed E-state index contributed by atoms with van der Waals surface area (Å²) >= 11 is 6.38. The van der Waals surface area contributed by atoms with Crippen molar-refractivity contribution < 1.29 is 29.3 Å². The van der Waals surface area contributed by atoms with E-state index in [9.17, 15) is 19.5 Å². The van der Waals surface area contributed by atoms with Gasteiger partial charge in [0.1, 0.15) is 17.3 Å². The second-order valence-electron chi connectivity index (χ2n) is 8.48. The molecule has 0 saturated heterocycles. The Bertz CT molecular complexity index is 946. The molecule has 2 rings (SSSR count). The monoisotopic (exact) mass is 462 g/mol. The second kappa shape index (κ2) is 11.3. The van der Waals surface area contributed by atoms with Gasteiger partial charge < -0.3 is 14.9 Å². The molecule has 6 nitrogen and oxygen atoms in total. The van der Waals surface area contributed by atoms with Crippen LogP contribution in [0.25, 0.3) is 0 Å². The quantitative estimate of drug-likeness (QED) is 0.380. The predicted molar refractivity (Wildman–Crippen MR) is 124 cm³/mol. The van der Waals surface area contributed by atoms with Crippen molar-refractivity contribution in [1.29, 1.82) is 0 Å². The van der Waals surface area contributed by atoms with Crippen molar-refractivity contribution in [2.75, 3.05) is 6.61 Å². The van der Waals surface area contributed by atoms with Gasteiger partial charge in [-0.15, -0.1) is 0 Å². The normalized spacial score (nSPS) is 21.7. The summed E-state index contributed by atoms with van der Waals surface area (Å²) in [5.41, 5.74) is 1.71. The summed E-state index contributed by atoms with van der Waals surface area (Å²) in [4.78, 5) is 34.4. The highest BCUT2D eigenvalue weighted by Crippen LogP contribution is 2.41. The number of phenols is 1. The van der Waals surface area contributed by atoms with Crippen LogP contribution in [-0.4, -0.2) is 34.9 Å². The van der Waals surface area contributed by atoms with Gasteiger partial charge in [0.15, 0.2) is 6.29 Å². The Morgan fingerprint density at radius 3 is 2.62 bits per heavy atom. The lowest BCUT2D eigenvalue weighted by molar-refractivity contribution is -0.137. The Morgan fingerprint density at radius 1 is 1.31 bits per heavy atom. The van der Waals surface area contributed by atoms with Crippen LogP contribution in [0.1, 0.15) is 61.5 Å². The molecule has 2 N–H and O–H groups in total. The van der Waals surface area contributed by atoms with Crippen LogP contribution in [0.15, 0.2) is 23.8 Å². The molecule has 1 aromatic rings. The molecule has 0 amide bonds. The smallest absolute Gasteiger partial charge is 0.306 e. The van der Waals surface area contributed by atoms with E-state index in [2.05, 4.69) is 13.0 Å². The fourth-order valence-corrected chi connectivity index (χ4v) is 4.31. The number of ketones is 1. The van der Waals surface area contributed by atoms with Crippen molar-refractivity contribution in [3.05, 3.63) is 45.5 Å².